The lowest BCUT2D eigenvalue weighted by molar-refractivity contribution is -0.0430. The minimum absolute atomic E-state index is 0.192. The van der Waals surface area contributed by atoms with Crippen LogP contribution >= 0.6 is 0 Å². The predicted octanol–water partition coefficient (Wildman–Crippen LogP) is 2.02. The highest BCUT2D eigenvalue weighted by Gasteiger charge is 2.43. The Bertz CT molecular complexity index is 372. The van der Waals surface area contributed by atoms with E-state index in [0.29, 0.717) is 5.69 Å². The number of aromatic nitrogens is 2. The summed E-state index contributed by atoms with van der Waals surface area (Å²) in [5, 5.41) is 10.7. The van der Waals surface area contributed by atoms with E-state index in [9.17, 15) is 5.11 Å². The van der Waals surface area contributed by atoms with Crippen LogP contribution in [0.3, 0.4) is 0 Å². The number of aliphatic hydroxyl groups is 1. The van der Waals surface area contributed by atoms with Crippen molar-refractivity contribution >= 4 is 0 Å². The molecule has 1 aliphatic rings. The first-order valence-electron chi connectivity index (χ1n) is 6.67. The molecule has 4 nitrogen and oxygen atoms in total. The van der Waals surface area contributed by atoms with Crippen molar-refractivity contribution < 1.29 is 5.11 Å². The molecular weight excluding hydrogens is 226 g/mol. The quantitative estimate of drug-likeness (QED) is 0.890. The largest absolute Gasteiger partial charge is 0.385 e. The summed E-state index contributed by atoms with van der Waals surface area (Å²) in [6.07, 6.45) is 8.75. The third-order valence-corrected chi connectivity index (χ3v) is 4.40. The van der Waals surface area contributed by atoms with Gasteiger partial charge in [-0.3, -0.25) is 9.97 Å². The molecule has 0 aromatic carbocycles. The Morgan fingerprint density at radius 3 is 2.50 bits per heavy atom. The van der Waals surface area contributed by atoms with E-state index in [1.54, 1.807) is 18.6 Å². The predicted molar refractivity (Wildman–Crippen MR) is 71.0 cm³/mol. The van der Waals surface area contributed by atoms with Crippen LogP contribution < -0.4 is 0 Å². The maximum atomic E-state index is 10.7. The standard InChI is InChI=1S/C14H23N3O/c1-11-4-6-14(7-5-11,17(2)3)13(18)12-10-15-8-9-16-12/h8-11,13,18H,4-7H2,1-3H3. The van der Waals surface area contributed by atoms with Gasteiger partial charge >= 0.3 is 0 Å². The lowest BCUT2D eigenvalue weighted by Gasteiger charge is -2.47. The fourth-order valence-electron chi connectivity index (χ4n) is 2.95. The molecule has 4 heteroatoms. The molecule has 0 spiro atoms. The first-order valence-corrected chi connectivity index (χ1v) is 6.67. The van der Waals surface area contributed by atoms with Crippen LogP contribution in [0.5, 0.6) is 0 Å². The van der Waals surface area contributed by atoms with Crippen LogP contribution in [0.15, 0.2) is 18.6 Å². The molecule has 0 amide bonds. The zero-order valence-corrected chi connectivity index (χ0v) is 11.5. The van der Waals surface area contributed by atoms with Crippen LogP contribution in [0, 0.1) is 5.92 Å². The molecule has 0 bridgehead atoms. The number of hydrogen-bond acceptors (Lipinski definition) is 4. The molecule has 0 aliphatic heterocycles. The summed E-state index contributed by atoms with van der Waals surface area (Å²) in [5.41, 5.74) is 0.489. The van der Waals surface area contributed by atoms with E-state index >= 15 is 0 Å². The number of likely N-dealkylation sites (N-methyl/N-ethyl adjacent to an activating group) is 1. The van der Waals surface area contributed by atoms with Gasteiger partial charge in [-0.05, 0) is 45.7 Å². The molecule has 1 aromatic heterocycles. The molecule has 18 heavy (non-hydrogen) atoms. The number of hydrogen-bond donors (Lipinski definition) is 1. The van der Waals surface area contributed by atoms with Crippen molar-refractivity contribution in [2.45, 2.75) is 44.2 Å². The molecule has 1 saturated carbocycles. The van der Waals surface area contributed by atoms with Gasteiger partial charge in [-0.2, -0.15) is 0 Å². The molecule has 1 aliphatic carbocycles. The van der Waals surface area contributed by atoms with Crippen LogP contribution in [-0.2, 0) is 0 Å². The molecule has 0 saturated heterocycles. The minimum atomic E-state index is -0.561. The number of rotatable bonds is 3. The Morgan fingerprint density at radius 1 is 1.33 bits per heavy atom. The van der Waals surface area contributed by atoms with Gasteiger partial charge in [0, 0.05) is 12.4 Å². The molecule has 1 fully saturated rings. The van der Waals surface area contributed by atoms with Crippen molar-refractivity contribution in [3.63, 3.8) is 0 Å². The molecule has 1 aromatic rings. The Kier molecular flexibility index (Phi) is 3.97. The molecule has 1 heterocycles. The number of nitrogens with zero attached hydrogens (tertiary/aromatic N) is 3. The third-order valence-electron chi connectivity index (χ3n) is 4.40. The highest BCUT2D eigenvalue weighted by molar-refractivity contribution is 5.10. The van der Waals surface area contributed by atoms with Crippen molar-refractivity contribution in [1.29, 1.82) is 0 Å². The van der Waals surface area contributed by atoms with Gasteiger partial charge in [-0.1, -0.05) is 6.92 Å². The van der Waals surface area contributed by atoms with Gasteiger partial charge in [0.1, 0.15) is 6.10 Å². The van der Waals surface area contributed by atoms with E-state index in [1.807, 2.05) is 0 Å². The average Bonchev–Trinajstić information content (AvgIpc) is 2.40. The highest BCUT2D eigenvalue weighted by Crippen LogP contribution is 2.42. The summed E-state index contributed by atoms with van der Waals surface area (Å²) in [5.74, 6) is 0.757. The summed E-state index contributed by atoms with van der Waals surface area (Å²) < 4.78 is 0. The summed E-state index contributed by atoms with van der Waals surface area (Å²) in [6, 6.07) is 0. The van der Waals surface area contributed by atoms with Crippen molar-refractivity contribution in [2.24, 2.45) is 5.92 Å². The lowest BCUT2D eigenvalue weighted by atomic mass is 9.72. The molecule has 1 atom stereocenters. The summed E-state index contributed by atoms with van der Waals surface area (Å²) in [7, 11) is 4.10. The summed E-state index contributed by atoms with van der Waals surface area (Å²) in [6.45, 7) is 2.29. The van der Waals surface area contributed by atoms with Crippen molar-refractivity contribution in [2.75, 3.05) is 14.1 Å². The normalized spacial score (nSPS) is 30.4. The molecule has 2 rings (SSSR count). The van der Waals surface area contributed by atoms with E-state index < -0.39 is 6.10 Å². The van der Waals surface area contributed by atoms with Crippen molar-refractivity contribution in [3.05, 3.63) is 24.3 Å². The first kappa shape index (κ1) is 13.4. The monoisotopic (exact) mass is 249 g/mol. The first-order chi connectivity index (χ1) is 8.56. The van der Waals surface area contributed by atoms with Gasteiger partial charge < -0.3 is 10.0 Å². The summed E-state index contributed by atoms with van der Waals surface area (Å²) >= 11 is 0. The Morgan fingerprint density at radius 2 is 2.00 bits per heavy atom. The van der Waals surface area contributed by atoms with E-state index in [1.165, 1.54) is 0 Å². The van der Waals surface area contributed by atoms with Gasteiger partial charge in [-0.25, -0.2) is 0 Å². The SMILES string of the molecule is CC1CCC(C(O)c2cnccn2)(N(C)C)CC1. The van der Waals surface area contributed by atoms with Crippen LogP contribution in [0.1, 0.15) is 44.4 Å². The molecular formula is C14H23N3O. The van der Waals surface area contributed by atoms with E-state index in [-0.39, 0.29) is 5.54 Å². The molecule has 0 radical (unpaired) electrons. The van der Waals surface area contributed by atoms with Crippen molar-refractivity contribution in [3.8, 4) is 0 Å². The van der Waals surface area contributed by atoms with Crippen LogP contribution in [0.4, 0.5) is 0 Å². The van der Waals surface area contributed by atoms with E-state index in [2.05, 4.69) is 35.9 Å². The molecule has 1 unspecified atom stereocenters. The number of aliphatic hydroxyl groups excluding tert-OH is 1. The van der Waals surface area contributed by atoms with Gasteiger partial charge in [0.05, 0.1) is 17.4 Å². The second kappa shape index (κ2) is 5.33. The van der Waals surface area contributed by atoms with Gasteiger partial charge in [0.2, 0.25) is 0 Å². The highest BCUT2D eigenvalue weighted by atomic mass is 16.3. The van der Waals surface area contributed by atoms with Crippen LogP contribution in [-0.4, -0.2) is 39.6 Å². The second-order valence-electron chi connectivity index (χ2n) is 5.71. The van der Waals surface area contributed by atoms with Crippen LogP contribution in [0.25, 0.3) is 0 Å². The average molecular weight is 249 g/mol. The Balaban J connectivity index is 2.25. The smallest absolute Gasteiger partial charge is 0.116 e. The van der Waals surface area contributed by atoms with Crippen molar-refractivity contribution in [1.82, 2.24) is 14.9 Å². The molecule has 1 N–H and O–H groups in total. The van der Waals surface area contributed by atoms with E-state index in [4.69, 9.17) is 0 Å². The van der Waals surface area contributed by atoms with E-state index in [0.717, 1.165) is 31.6 Å². The second-order valence-corrected chi connectivity index (χ2v) is 5.71. The Hall–Kier alpha value is -1.00. The summed E-state index contributed by atoms with van der Waals surface area (Å²) in [4.78, 5) is 10.5. The van der Waals surface area contributed by atoms with Gasteiger partial charge in [0.25, 0.3) is 0 Å². The zero-order chi connectivity index (χ0) is 13.2. The molecule has 100 valence electrons. The maximum Gasteiger partial charge on any atom is 0.116 e. The maximum absolute atomic E-state index is 10.7. The van der Waals surface area contributed by atoms with Crippen LogP contribution in [0.2, 0.25) is 0 Å². The third kappa shape index (κ3) is 2.40. The topological polar surface area (TPSA) is 49.3 Å². The minimum Gasteiger partial charge on any atom is -0.385 e. The zero-order valence-electron chi connectivity index (χ0n) is 11.5. The van der Waals surface area contributed by atoms with Gasteiger partial charge in [0.15, 0.2) is 0 Å². The fraction of sp³-hybridized carbons (Fsp3) is 0.714. The lowest BCUT2D eigenvalue weighted by Crippen LogP contribution is -2.51. The Labute approximate surface area is 109 Å². The van der Waals surface area contributed by atoms with Gasteiger partial charge in [-0.15, -0.1) is 0 Å². The fourth-order valence-corrected chi connectivity index (χ4v) is 2.95.